The summed E-state index contributed by atoms with van der Waals surface area (Å²) in [5.74, 6) is 0.718. The Morgan fingerprint density at radius 1 is 0.257 bits per heavy atom. The maximum atomic E-state index is 5.11. The maximum Gasteiger partial charge on any atom is 0.160 e. The molecule has 5 heteroatoms. The SMILES string of the molecule is Cc1cccc(-c2nc(-c3ccccc3)cc(-c3ccc(-c4ccc(-n5c6ccc(-n7c8ccccc8c8ccccc87)cc6c6cc(-n7c8ccccc8c8ccccc87)ccc65)cc4)cc3)n2)c1. The van der Waals surface area contributed by atoms with Crippen LogP contribution in [-0.2, 0) is 0 Å². The van der Waals surface area contributed by atoms with Crippen molar-refractivity contribution in [3.8, 4) is 62.1 Å². The van der Waals surface area contributed by atoms with E-state index in [-0.39, 0.29) is 0 Å². The fraction of sp³-hybridized carbons (Fsp3) is 0.0154. The Bertz CT molecular complexity index is 4070. The molecule has 0 fully saturated rings. The van der Waals surface area contributed by atoms with Crippen molar-refractivity contribution in [1.82, 2.24) is 23.7 Å². The normalized spacial score (nSPS) is 11.8. The number of aromatic nitrogens is 5. The number of rotatable bonds is 7. The zero-order valence-corrected chi connectivity index (χ0v) is 38.3. The smallest absolute Gasteiger partial charge is 0.160 e. The molecule has 0 radical (unpaired) electrons. The quantitative estimate of drug-likeness (QED) is 0.160. The Morgan fingerprint density at radius 3 is 1.11 bits per heavy atom. The lowest BCUT2D eigenvalue weighted by Gasteiger charge is -2.12. The molecule has 5 nitrogen and oxygen atoms in total. The average molecular weight is 894 g/mol. The topological polar surface area (TPSA) is 40.6 Å². The van der Waals surface area contributed by atoms with Gasteiger partial charge in [0.05, 0.1) is 44.5 Å². The van der Waals surface area contributed by atoms with Crippen molar-refractivity contribution < 1.29 is 0 Å². The lowest BCUT2D eigenvalue weighted by Crippen LogP contribution is -1.96. The van der Waals surface area contributed by atoms with E-state index in [4.69, 9.17) is 9.97 Å². The molecule has 0 aliphatic heterocycles. The van der Waals surface area contributed by atoms with E-state index in [1.807, 2.05) is 6.07 Å². The van der Waals surface area contributed by atoms with Crippen molar-refractivity contribution in [3.05, 3.63) is 248 Å². The summed E-state index contributed by atoms with van der Waals surface area (Å²) < 4.78 is 7.26. The molecule has 10 aromatic carbocycles. The zero-order chi connectivity index (χ0) is 46.3. The highest BCUT2D eigenvalue weighted by Crippen LogP contribution is 2.40. The maximum absolute atomic E-state index is 5.11. The first-order valence-corrected chi connectivity index (χ1v) is 23.9. The Kier molecular flexibility index (Phi) is 9.04. The van der Waals surface area contributed by atoms with Crippen molar-refractivity contribution in [2.45, 2.75) is 6.92 Å². The number of para-hydroxylation sites is 4. The first-order valence-electron chi connectivity index (χ1n) is 23.9. The Morgan fingerprint density at radius 2 is 0.629 bits per heavy atom. The van der Waals surface area contributed by atoms with Crippen LogP contribution in [0.5, 0.6) is 0 Å². The number of nitrogens with zero attached hydrogens (tertiary/aromatic N) is 5. The molecular formula is C65H43N5. The summed E-state index contributed by atoms with van der Waals surface area (Å²) in [6.07, 6.45) is 0. The van der Waals surface area contributed by atoms with Crippen molar-refractivity contribution in [2.75, 3.05) is 0 Å². The second-order valence-corrected chi connectivity index (χ2v) is 18.3. The lowest BCUT2D eigenvalue weighted by molar-refractivity contribution is 1.16. The van der Waals surface area contributed by atoms with Crippen LogP contribution in [0.2, 0.25) is 0 Å². The van der Waals surface area contributed by atoms with Gasteiger partial charge in [-0.15, -0.1) is 0 Å². The highest BCUT2D eigenvalue weighted by Gasteiger charge is 2.19. The fourth-order valence-corrected chi connectivity index (χ4v) is 10.9. The van der Waals surface area contributed by atoms with E-state index in [1.165, 1.54) is 59.9 Å². The van der Waals surface area contributed by atoms with Gasteiger partial charge in [-0.3, -0.25) is 0 Å². The van der Waals surface area contributed by atoms with Gasteiger partial charge >= 0.3 is 0 Å². The van der Waals surface area contributed by atoms with E-state index in [0.717, 1.165) is 73.1 Å². The van der Waals surface area contributed by atoms with Gasteiger partial charge < -0.3 is 13.7 Å². The predicted molar refractivity (Wildman–Crippen MR) is 292 cm³/mol. The zero-order valence-electron chi connectivity index (χ0n) is 38.3. The molecule has 0 N–H and O–H groups in total. The first-order chi connectivity index (χ1) is 34.6. The Balaban J connectivity index is 0.888. The van der Waals surface area contributed by atoms with Gasteiger partial charge in [-0.1, -0.05) is 163 Å². The van der Waals surface area contributed by atoms with Gasteiger partial charge in [0.25, 0.3) is 0 Å². The van der Waals surface area contributed by atoms with E-state index >= 15 is 0 Å². The largest absolute Gasteiger partial charge is 0.309 e. The molecule has 14 aromatic rings. The summed E-state index contributed by atoms with van der Waals surface area (Å²) in [6.45, 7) is 2.10. The molecule has 14 rings (SSSR count). The molecule has 0 saturated carbocycles. The summed E-state index contributed by atoms with van der Waals surface area (Å²) >= 11 is 0. The highest BCUT2D eigenvalue weighted by atomic mass is 15.0. The summed E-state index contributed by atoms with van der Waals surface area (Å²) in [6, 6.07) is 87.5. The number of fused-ring (bicyclic) bond motifs is 9. The molecule has 0 bridgehead atoms. The summed E-state index contributed by atoms with van der Waals surface area (Å²) in [5, 5.41) is 7.40. The van der Waals surface area contributed by atoms with E-state index < -0.39 is 0 Å². The number of aryl methyl sites for hydroxylation is 1. The molecular weight excluding hydrogens is 851 g/mol. The van der Waals surface area contributed by atoms with E-state index in [1.54, 1.807) is 0 Å². The van der Waals surface area contributed by atoms with Gasteiger partial charge in [-0.2, -0.15) is 0 Å². The third-order valence-electron chi connectivity index (χ3n) is 14.1. The fourth-order valence-electron chi connectivity index (χ4n) is 10.9. The molecule has 0 saturated heterocycles. The Hall–Kier alpha value is -9.32. The minimum absolute atomic E-state index is 0.718. The molecule has 4 aromatic heterocycles. The number of hydrogen-bond acceptors (Lipinski definition) is 2. The van der Waals surface area contributed by atoms with Gasteiger partial charge in [0, 0.05) is 66.1 Å². The monoisotopic (exact) mass is 893 g/mol. The van der Waals surface area contributed by atoms with Crippen LogP contribution in [0, 0.1) is 6.92 Å². The first kappa shape index (κ1) is 39.8. The minimum atomic E-state index is 0.718. The van der Waals surface area contributed by atoms with Crippen LogP contribution in [-0.4, -0.2) is 23.7 Å². The predicted octanol–water partition coefficient (Wildman–Crippen LogP) is 16.7. The molecule has 0 aliphatic carbocycles. The third kappa shape index (κ3) is 6.40. The van der Waals surface area contributed by atoms with Crippen LogP contribution < -0.4 is 0 Å². The molecule has 328 valence electrons. The van der Waals surface area contributed by atoms with E-state index in [2.05, 4.69) is 257 Å². The van der Waals surface area contributed by atoms with Crippen LogP contribution in [0.3, 0.4) is 0 Å². The van der Waals surface area contributed by atoms with Crippen LogP contribution in [0.1, 0.15) is 5.56 Å². The minimum Gasteiger partial charge on any atom is -0.309 e. The number of benzene rings is 10. The van der Waals surface area contributed by atoms with Crippen LogP contribution >= 0.6 is 0 Å². The van der Waals surface area contributed by atoms with Gasteiger partial charge in [0.15, 0.2) is 5.82 Å². The summed E-state index contributed by atoms with van der Waals surface area (Å²) in [5.41, 5.74) is 18.8. The molecule has 0 spiro atoms. The van der Waals surface area contributed by atoms with Crippen molar-refractivity contribution in [1.29, 1.82) is 0 Å². The molecule has 0 atom stereocenters. The van der Waals surface area contributed by atoms with Crippen molar-refractivity contribution in [2.24, 2.45) is 0 Å². The van der Waals surface area contributed by atoms with Crippen molar-refractivity contribution in [3.63, 3.8) is 0 Å². The van der Waals surface area contributed by atoms with Crippen molar-refractivity contribution >= 4 is 65.4 Å². The molecule has 70 heavy (non-hydrogen) atoms. The van der Waals surface area contributed by atoms with Crippen LogP contribution in [0.4, 0.5) is 0 Å². The van der Waals surface area contributed by atoms with Crippen LogP contribution in [0.25, 0.3) is 128 Å². The second-order valence-electron chi connectivity index (χ2n) is 18.3. The van der Waals surface area contributed by atoms with Gasteiger partial charge in [-0.25, -0.2) is 9.97 Å². The van der Waals surface area contributed by atoms with E-state index in [0.29, 0.717) is 0 Å². The van der Waals surface area contributed by atoms with Crippen LogP contribution in [0.15, 0.2) is 243 Å². The molecule has 0 amide bonds. The number of hydrogen-bond donors (Lipinski definition) is 0. The van der Waals surface area contributed by atoms with E-state index in [9.17, 15) is 0 Å². The van der Waals surface area contributed by atoms with Gasteiger partial charge in [0.2, 0.25) is 0 Å². The molecule has 0 unspecified atom stereocenters. The Labute approximate surface area is 404 Å². The highest BCUT2D eigenvalue weighted by molar-refractivity contribution is 6.14. The second kappa shape index (κ2) is 15.9. The summed E-state index contributed by atoms with van der Waals surface area (Å²) in [7, 11) is 0. The third-order valence-corrected chi connectivity index (χ3v) is 14.1. The van der Waals surface area contributed by atoms with Gasteiger partial charge in [-0.05, 0) is 103 Å². The lowest BCUT2D eigenvalue weighted by atomic mass is 10.0. The van der Waals surface area contributed by atoms with Gasteiger partial charge in [0.1, 0.15) is 0 Å². The molecule has 0 aliphatic rings. The summed E-state index contributed by atoms with van der Waals surface area (Å²) in [4.78, 5) is 10.1. The average Bonchev–Trinajstić information content (AvgIpc) is 4.06. The molecule has 4 heterocycles. The standard InChI is InChI=1S/C65H43N5/c1-42-14-13-17-47(38-42)65-66-57(45-15-3-2-4-16-45)41-58(67-65)46-28-26-43(27-29-46)44-30-32-48(33-31-44)68-63-36-34-49(69-59-22-9-5-18-51(59)52-19-6-10-23-60(52)69)39-55(63)56-40-50(35-37-64(56)68)70-61-24-11-7-20-53(61)54-21-8-12-25-62(54)70/h2-41H,1H3.